The van der Waals surface area contributed by atoms with Crippen LogP contribution in [0.15, 0.2) is 33.9 Å². The van der Waals surface area contributed by atoms with Gasteiger partial charge >= 0.3 is 5.69 Å². The van der Waals surface area contributed by atoms with Crippen LogP contribution in [0.5, 0.6) is 0 Å². The molecule has 0 atom stereocenters. The molecule has 3 heterocycles. The van der Waals surface area contributed by atoms with E-state index < -0.39 is 11.2 Å². The van der Waals surface area contributed by atoms with Gasteiger partial charge < -0.3 is 5.32 Å². The number of thiocarbonyl (C=S) groups is 1. The van der Waals surface area contributed by atoms with Crippen molar-refractivity contribution in [3.8, 4) is 0 Å². The summed E-state index contributed by atoms with van der Waals surface area (Å²) in [4.78, 5) is 31.5. The van der Waals surface area contributed by atoms with Crippen LogP contribution in [-0.4, -0.2) is 36.9 Å². The predicted octanol–water partition coefficient (Wildman–Crippen LogP) is 0.316. The van der Waals surface area contributed by atoms with Crippen molar-refractivity contribution in [1.29, 1.82) is 0 Å². The first-order chi connectivity index (χ1) is 12.9. The van der Waals surface area contributed by atoms with E-state index in [9.17, 15) is 14.0 Å². The molecule has 8 nitrogen and oxygen atoms in total. The van der Waals surface area contributed by atoms with Crippen LogP contribution in [0.25, 0.3) is 11.2 Å². The van der Waals surface area contributed by atoms with Gasteiger partial charge in [0.05, 0.1) is 6.54 Å². The second-order valence-corrected chi connectivity index (χ2v) is 6.77. The van der Waals surface area contributed by atoms with Gasteiger partial charge in [0.1, 0.15) is 5.82 Å². The quantitative estimate of drug-likeness (QED) is 0.651. The Labute approximate surface area is 158 Å². The lowest BCUT2D eigenvalue weighted by atomic mass is 10.2. The van der Waals surface area contributed by atoms with E-state index in [1.807, 2.05) is 0 Å². The number of imidazole rings is 1. The maximum absolute atomic E-state index is 13.3. The van der Waals surface area contributed by atoms with Crippen molar-refractivity contribution in [3.05, 3.63) is 56.5 Å². The third kappa shape index (κ3) is 2.72. The number of fused-ring (bicyclic) bond motifs is 1. The van der Waals surface area contributed by atoms with Gasteiger partial charge in [0.2, 0.25) is 5.95 Å². The minimum absolute atomic E-state index is 0.287. The van der Waals surface area contributed by atoms with E-state index in [1.54, 1.807) is 28.6 Å². The summed E-state index contributed by atoms with van der Waals surface area (Å²) < 4.78 is 17.4. The summed E-state index contributed by atoms with van der Waals surface area (Å²) >= 11 is 5.35. The summed E-state index contributed by atoms with van der Waals surface area (Å²) in [6.45, 7) is 1.55. The number of benzene rings is 1. The van der Waals surface area contributed by atoms with Crippen LogP contribution in [0.3, 0.4) is 0 Å². The second-order valence-electron chi connectivity index (χ2n) is 6.39. The molecule has 0 aliphatic carbocycles. The Morgan fingerprint density at radius 2 is 1.89 bits per heavy atom. The number of nitrogens with zero attached hydrogens (tertiary/aromatic N) is 5. The summed E-state index contributed by atoms with van der Waals surface area (Å²) in [5.74, 6) is 0.139. The Bertz CT molecular complexity index is 1180. The number of hydrogen-bond donors (Lipinski definition) is 1. The molecule has 0 spiro atoms. The molecule has 1 saturated heterocycles. The highest BCUT2D eigenvalue weighted by molar-refractivity contribution is 7.80. The SMILES string of the molecule is Cn1c(=O)c2c(nc(N3CCNC3=S)n2Cc2ccc(F)cc2)n(C)c1=O. The maximum atomic E-state index is 13.3. The van der Waals surface area contributed by atoms with Crippen molar-refractivity contribution in [2.45, 2.75) is 6.54 Å². The summed E-state index contributed by atoms with van der Waals surface area (Å²) in [7, 11) is 3.00. The summed E-state index contributed by atoms with van der Waals surface area (Å²) in [5.41, 5.74) is 0.495. The van der Waals surface area contributed by atoms with Gasteiger partial charge in [-0.3, -0.25) is 23.4 Å². The van der Waals surface area contributed by atoms with E-state index in [2.05, 4.69) is 10.3 Å². The summed E-state index contributed by atoms with van der Waals surface area (Å²) in [5, 5.41) is 3.57. The number of rotatable bonds is 3. The molecule has 4 rings (SSSR count). The lowest BCUT2D eigenvalue weighted by Crippen LogP contribution is -2.37. The van der Waals surface area contributed by atoms with Crippen LogP contribution < -0.4 is 21.5 Å². The van der Waals surface area contributed by atoms with Gasteiger partial charge in [0.15, 0.2) is 16.3 Å². The zero-order valence-electron chi connectivity index (χ0n) is 14.8. The van der Waals surface area contributed by atoms with Crippen molar-refractivity contribution in [1.82, 2.24) is 24.0 Å². The molecular formula is C17H17FN6O2S. The van der Waals surface area contributed by atoms with E-state index in [-0.39, 0.29) is 11.5 Å². The number of anilines is 1. The predicted molar refractivity (Wildman–Crippen MR) is 104 cm³/mol. The standard InChI is InChI=1S/C17H17FN6O2S/c1-21-13-12(14(25)22(2)17(21)26)24(9-10-3-5-11(18)6-4-10)15(20-13)23-8-7-19-16(23)27/h3-6H,7-9H2,1-2H3,(H,19,27). The van der Waals surface area contributed by atoms with Crippen LogP contribution in [0, 0.1) is 5.82 Å². The number of hydrogen-bond acceptors (Lipinski definition) is 4. The van der Waals surface area contributed by atoms with Gasteiger partial charge in [-0.1, -0.05) is 12.1 Å². The van der Waals surface area contributed by atoms with Gasteiger partial charge in [0, 0.05) is 27.2 Å². The Morgan fingerprint density at radius 1 is 1.19 bits per heavy atom. The van der Waals surface area contributed by atoms with Crippen LogP contribution in [0.1, 0.15) is 5.56 Å². The second kappa shape index (κ2) is 6.31. The first kappa shape index (κ1) is 17.4. The summed E-state index contributed by atoms with van der Waals surface area (Å²) in [6.07, 6.45) is 0. The third-order valence-corrected chi connectivity index (χ3v) is 5.04. The Balaban J connectivity index is 2.00. The van der Waals surface area contributed by atoms with E-state index in [1.165, 1.54) is 23.7 Å². The Kier molecular flexibility index (Phi) is 4.06. The number of aryl methyl sites for hydroxylation is 1. The molecule has 1 aliphatic heterocycles. The molecule has 140 valence electrons. The number of aromatic nitrogens is 4. The van der Waals surface area contributed by atoms with Crippen molar-refractivity contribution >= 4 is 34.4 Å². The first-order valence-corrected chi connectivity index (χ1v) is 8.75. The van der Waals surface area contributed by atoms with Crippen LogP contribution in [0.4, 0.5) is 10.3 Å². The number of halogens is 1. The van der Waals surface area contributed by atoms with Gasteiger partial charge in [-0.15, -0.1) is 0 Å². The largest absolute Gasteiger partial charge is 0.360 e. The molecule has 2 aromatic heterocycles. The van der Waals surface area contributed by atoms with Crippen molar-refractivity contribution < 1.29 is 4.39 Å². The van der Waals surface area contributed by atoms with E-state index in [4.69, 9.17) is 12.2 Å². The number of nitrogens with one attached hydrogen (secondary N) is 1. The molecule has 0 bridgehead atoms. The van der Waals surface area contributed by atoms with Crippen molar-refractivity contribution in [2.75, 3.05) is 18.0 Å². The van der Waals surface area contributed by atoms with Gasteiger partial charge in [-0.2, -0.15) is 4.98 Å². The minimum Gasteiger partial charge on any atom is -0.360 e. The van der Waals surface area contributed by atoms with Gasteiger partial charge in [-0.05, 0) is 29.9 Å². The monoisotopic (exact) mass is 388 g/mol. The normalized spacial score (nSPS) is 14.2. The Hall–Kier alpha value is -3.01. The Morgan fingerprint density at radius 3 is 2.52 bits per heavy atom. The van der Waals surface area contributed by atoms with E-state index in [0.29, 0.717) is 36.2 Å². The summed E-state index contributed by atoms with van der Waals surface area (Å²) in [6, 6.07) is 6.03. The molecule has 1 fully saturated rings. The zero-order chi connectivity index (χ0) is 19.3. The fourth-order valence-electron chi connectivity index (χ4n) is 3.23. The highest BCUT2D eigenvalue weighted by Crippen LogP contribution is 2.22. The molecule has 1 aromatic carbocycles. The third-order valence-electron chi connectivity index (χ3n) is 4.68. The molecule has 27 heavy (non-hydrogen) atoms. The fourth-order valence-corrected chi connectivity index (χ4v) is 3.50. The maximum Gasteiger partial charge on any atom is 0.332 e. The van der Waals surface area contributed by atoms with Crippen LogP contribution in [0.2, 0.25) is 0 Å². The smallest absolute Gasteiger partial charge is 0.332 e. The average molecular weight is 388 g/mol. The molecule has 0 radical (unpaired) electrons. The van der Waals surface area contributed by atoms with Crippen LogP contribution >= 0.6 is 12.2 Å². The topological polar surface area (TPSA) is 77.1 Å². The van der Waals surface area contributed by atoms with Gasteiger partial charge in [-0.25, -0.2) is 9.18 Å². The van der Waals surface area contributed by atoms with Crippen LogP contribution in [-0.2, 0) is 20.6 Å². The zero-order valence-corrected chi connectivity index (χ0v) is 15.6. The molecule has 1 N–H and O–H groups in total. The highest BCUT2D eigenvalue weighted by atomic mass is 32.1. The molecule has 1 aliphatic rings. The fraction of sp³-hybridized carbons (Fsp3) is 0.294. The first-order valence-electron chi connectivity index (χ1n) is 8.34. The minimum atomic E-state index is -0.451. The molecule has 0 amide bonds. The molecule has 10 heteroatoms. The molecular weight excluding hydrogens is 371 g/mol. The van der Waals surface area contributed by atoms with E-state index >= 15 is 0 Å². The average Bonchev–Trinajstić information content (AvgIpc) is 3.23. The van der Waals surface area contributed by atoms with Crippen molar-refractivity contribution in [2.24, 2.45) is 14.1 Å². The lowest BCUT2D eigenvalue weighted by molar-refractivity contribution is 0.626. The van der Waals surface area contributed by atoms with E-state index in [0.717, 1.165) is 10.1 Å². The lowest BCUT2D eigenvalue weighted by Gasteiger charge is -2.17. The molecule has 0 unspecified atom stereocenters. The highest BCUT2D eigenvalue weighted by Gasteiger charge is 2.27. The molecule has 3 aromatic rings. The van der Waals surface area contributed by atoms with Crippen molar-refractivity contribution in [3.63, 3.8) is 0 Å². The van der Waals surface area contributed by atoms with Gasteiger partial charge in [0.25, 0.3) is 5.56 Å². The molecule has 0 saturated carbocycles.